The quantitative estimate of drug-likeness (QED) is 0.444. The predicted octanol–water partition coefficient (Wildman–Crippen LogP) is 1.19. The van der Waals surface area contributed by atoms with Gasteiger partial charge in [-0.15, -0.1) is 0 Å². The second-order valence-corrected chi connectivity index (χ2v) is 6.18. The maximum Gasteiger partial charge on any atom is 0.240 e. The first-order valence-electron chi connectivity index (χ1n) is 4.88. The van der Waals surface area contributed by atoms with Gasteiger partial charge < -0.3 is 9.47 Å². The number of halogens is 1. The van der Waals surface area contributed by atoms with E-state index < -0.39 is 10.0 Å². The van der Waals surface area contributed by atoms with Gasteiger partial charge in [0.25, 0.3) is 0 Å². The van der Waals surface area contributed by atoms with E-state index in [0.717, 1.165) is 3.57 Å². The predicted molar refractivity (Wildman–Crippen MR) is 72.2 cm³/mol. The standard InChI is InChI=1S/C10H14INO4S/c1-15-8-16-7-6-12-17(13,14)10-4-2-9(11)3-5-10/h2-5,12H,6-8H2,1H3. The number of sulfonamides is 1. The molecule has 0 aliphatic rings. The smallest absolute Gasteiger partial charge is 0.240 e. The van der Waals surface area contributed by atoms with Crippen LogP contribution < -0.4 is 4.72 Å². The summed E-state index contributed by atoms with van der Waals surface area (Å²) in [6.45, 7) is 0.653. The molecular formula is C10H14INO4S. The van der Waals surface area contributed by atoms with Crippen molar-refractivity contribution in [2.45, 2.75) is 4.90 Å². The lowest BCUT2D eigenvalue weighted by atomic mass is 10.4. The summed E-state index contributed by atoms with van der Waals surface area (Å²) in [4.78, 5) is 0.254. The van der Waals surface area contributed by atoms with E-state index in [9.17, 15) is 8.42 Å². The third kappa shape index (κ3) is 5.30. The van der Waals surface area contributed by atoms with Crippen LogP contribution in [0, 0.1) is 3.57 Å². The molecule has 0 unspecified atom stereocenters. The molecule has 1 rings (SSSR count). The summed E-state index contributed by atoms with van der Waals surface area (Å²) in [6, 6.07) is 6.63. The van der Waals surface area contributed by atoms with Crippen molar-refractivity contribution in [2.24, 2.45) is 0 Å². The molecule has 0 aliphatic carbocycles. The summed E-state index contributed by atoms with van der Waals surface area (Å²) < 4.78 is 36.6. The van der Waals surface area contributed by atoms with Crippen LogP contribution >= 0.6 is 22.6 Å². The maximum absolute atomic E-state index is 11.8. The molecule has 0 aliphatic heterocycles. The number of hydrogen-bond donors (Lipinski definition) is 1. The Morgan fingerprint density at radius 2 is 1.94 bits per heavy atom. The summed E-state index contributed by atoms with van der Waals surface area (Å²) in [7, 11) is -1.93. The fraction of sp³-hybridized carbons (Fsp3) is 0.400. The molecule has 96 valence electrons. The summed E-state index contributed by atoms with van der Waals surface area (Å²) in [6.07, 6.45) is 0. The largest absolute Gasteiger partial charge is 0.359 e. The Morgan fingerprint density at radius 3 is 2.53 bits per heavy atom. The minimum atomic E-state index is -3.44. The minimum Gasteiger partial charge on any atom is -0.359 e. The Hall–Kier alpha value is -0.220. The molecule has 0 atom stereocenters. The lowest BCUT2D eigenvalue weighted by Crippen LogP contribution is -2.27. The zero-order chi connectivity index (χ0) is 12.7. The van der Waals surface area contributed by atoms with Crippen LogP contribution in [0.15, 0.2) is 29.2 Å². The van der Waals surface area contributed by atoms with E-state index in [1.54, 1.807) is 24.3 Å². The van der Waals surface area contributed by atoms with E-state index in [4.69, 9.17) is 4.74 Å². The summed E-state index contributed by atoms with van der Waals surface area (Å²) >= 11 is 2.12. The summed E-state index contributed by atoms with van der Waals surface area (Å²) in [5.41, 5.74) is 0. The highest BCUT2D eigenvalue weighted by atomic mass is 127. The lowest BCUT2D eigenvalue weighted by Gasteiger charge is -2.07. The van der Waals surface area contributed by atoms with Gasteiger partial charge in [0.15, 0.2) is 0 Å². The van der Waals surface area contributed by atoms with Crippen LogP contribution in [0.4, 0.5) is 0 Å². The van der Waals surface area contributed by atoms with Crippen LogP contribution in [-0.4, -0.2) is 35.5 Å². The van der Waals surface area contributed by atoms with Crippen molar-refractivity contribution in [3.8, 4) is 0 Å². The third-order valence-corrected chi connectivity index (χ3v) is 4.06. The molecule has 0 fully saturated rings. The molecule has 1 aromatic rings. The van der Waals surface area contributed by atoms with Crippen molar-refractivity contribution in [2.75, 3.05) is 27.1 Å². The Morgan fingerprint density at radius 1 is 1.29 bits per heavy atom. The van der Waals surface area contributed by atoms with Gasteiger partial charge in [0.05, 0.1) is 11.5 Å². The number of hydrogen-bond acceptors (Lipinski definition) is 4. The lowest BCUT2D eigenvalue weighted by molar-refractivity contribution is -0.0279. The van der Waals surface area contributed by atoms with E-state index in [2.05, 4.69) is 32.0 Å². The van der Waals surface area contributed by atoms with E-state index in [-0.39, 0.29) is 24.8 Å². The van der Waals surface area contributed by atoms with E-state index >= 15 is 0 Å². The van der Waals surface area contributed by atoms with Crippen LogP contribution in [0.25, 0.3) is 0 Å². The molecule has 0 saturated heterocycles. The van der Waals surface area contributed by atoms with Crippen molar-refractivity contribution < 1.29 is 17.9 Å². The van der Waals surface area contributed by atoms with Gasteiger partial charge in [0, 0.05) is 17.2 Å². The second-order valence-electron chi connectivity index (χ2n) is 3.17. The van der Waals surface area contributed by atoms with Crippen LogP contribution in [0.1, 0.15) is 0 Å². The first-order chi connectivity index (χ1) is 8.06. The van der Waals surface area contributed by atoms with E-state index in [0.29, 0.717) is 0 Å². The Kier molecular flexibility index (Phi) is 6.34. The van der Waals surface area contributed by atoms with Crippen molar-refractivity contribution in [3.05, 3.63) is 27.8 Å². The van der Waals surface area contributed by atoms with Gasteiger partial charge in [0.1, 0.15) is 6.79 Å². The third-order valence-electron chi connectivity index (χ3n) is 1.86. The summed E-state index contributed by atoms with van der Waals surface area (Å²) in [5, 5.41) is 0. The average Bonchev–Trinajstić information content (AvgIpc) is 2.29. The molecule has 0 aromatic heterocycles. The van der Waals surface area contributed by atoms with Crippen LogP contribution in [-0.2, 0) is 19.5 Å². The molecule has 7 heteroatoms. The molecule has 1 N–H and O–H groups in total. The van der Waals surface area contributed by atoms with E-state index in [1.165, 1.54) is 7.11 Å². The first kappa shape index (κ1) is 14.8. The number of benzene rings is 1. The molecule has 0 spiro atoms. The number of rotatable bonds is 7. The van der Waals surface area contributed by atoms with Crippen molar-refractivity contribution >= 4 is 32.6 Å². The van der Waals surface area contributed by atoms with Crippen molar-refractivity contribution in [1.29, 1.82) is 0 Å². The van der Waals surface area contributed by atoms with Gasteiger partial charge in [-0.1, -0.05) is 0 Å². The molecule has 17 heavy (non-hydrogen) atoms. The highest BCUT2D eigenvalue weighted by Gasteiger charge is 2.12. The molecule has 1 aromatic carbocycles. The van der Waals surface area contributed by atoms with Crippen molar-refractivity contribution in [3.63, 3.8) is 0 Å². The zero-order valence-corrected chi connectivity index (χ0v) is 12.3. The van der Waals surface area contributed by atoms with Gasteiger partial charge in [-0.05, 0) is 46.9 Å². The molecule has 0 saturated carbocycles. The van der Waals surface area contributed by atoms with Crippen LogP contribution in [0.3, 0.4) is 0 Å². The fourth-order valence-electron chi connectivity index (χ4n) is 1.09. The molecule has 0 heterocycles. The van der Waals surface area contributed by atoms with E-state index in [1.807, 2.05) is 0 Å². The van der Waals surface area contributed by atoms with Gasteiger partial charge in [0.2, 0.25) is 10.0 Å². The SMILES string of the molecule is COCOCCNS(=O)(=O)c1ccc(I)cc1. The van der Waals surface area contributed by atoms with Crippen LogP contribution in [0.5, 0.6) is 0 Å². The maximum atomic E-state index is 11.8. The van der Waals surface area contributed by atoms with Crippen LogP contribution in [0.2, 0.25) is 0 Å². The Labute approximate surface area is 115 Å². The Bertz CT molecular complexity index is 432. The number of methoxy groups -OCH3 is 1. The fourth-order valence-corrected chi connectivity index (χ4v) is 2.46. The number of nitrogens with one attached hydrogen (secondary N) is 1. The first-order valence-corrected chi connectivity index (χ1v) is 7.44. The van der Waals surface area contributed by atoms with Gasteiger partial charge >= 0.3 is 0 Å². The average molecular weight is 371 g/mol. The molecule has 5 nitrogen and oxygen atoms in total. The minimum absolute atomic E-state index is 0.158. The second kappa shape index (κ2) is 7.27. The molecule has 0 radical (unpaired) electrons. The van der Waals surface area contributed by atoms with Gasteiger partial charge in [-0.3, -0.25) is 0 Å². The normalized spacial score (nSPS) is 11.6. The molecular weight excluding hydrogens is 357 g/mol. The molecule has 0 amide bonds. The summed E-state index contributed by atoms with van der Waals surface area (Å²) in [5.74, 6) is 0. The number of ether oxygens (including phenoxy) is 2. The topological polar surface area (TPSA) is 64.6 Å². The van der Waals surface area contributed by atoms with Gasteiger partial charge in [-0.2, -0.15) is 0 Å². The zero-order valence-electron chi connectivity index (χ0n) is 9.35. The monoisotopic (exact) mass is 371 g/mol. The van der Waals surface area contributed by atoms with Crippen molar-refractivity contribution in [1.82, 2.24) is 4.72 Å². The highest BCUT2D eigenvalue weighted by Crippen LogP contribution is 2.11. The Balaban J connectivity index is 2.48. The molecule has 0 bridgehead atoms. The van der Waals surface area contributed by atoms with Gasteiger partial charge in [-0.25, -0.2) is 13.1 Å². The highest BCUT2D eigenvalue weighted by molar-refractivity contribution is 14.1.